The van der Waals surface area contributed by atoms with Gasteiger partial charge >= 0.3 is 5.97 Å². The van der Waals surface area contributed by atoms with Gasteiger partial charge in [0, 0.05) is 24.4 Å². The van der Waals surface area contributed by atoms with E-state index in [0.29, 0.717) is 6.42 Å². The van der Waals surface area contributed by atoms with E-state index in [4.69, 9.17) is 5.11 Å². The maximum Gasteiger partial charge on any atom is 0.338 e. The molecule has 1 atom stereocenters. The summed E-state index contributed by atoms with van der Waals surface area (Å²) < 4.78 is 0. The van der Waals surface area contributed by atoms with Crippen LogP contribution in [-0.4, -0.2) is 33.8 Å². The number of nitro benzene ring substituents is 1. The summed E-state index contributed by atoms with van der Waals surface area (Å²) in [7, 11) is 0. The molecule has 0 heterocycles. The predicted octanol–water partition coefficient (Wildman–Crippen LogP) is 1.87. The molecule has 1 rings (SSSR count). The normalized spacial score (nSPS) is 11.9. The Hall–Kier alpha value is -2.15. The summed E-state index contributed by atoms with van der Waals surface area (Å²) in [5.41, 5.74) is -0.205. The molecule has 1 unspecified atom stereocenters. The maximum absolute atomic E-state index is 11.0. The van der Waals surface area contributed by atoms with E-state index in [0.717, 1.165) is 12.5 Å². The fourth-order valence-electron chi connectivity index (χ4n) is 1.64. The van der Waals surface area contributed by atoms with E-state index in [2.05, 4.69) is 5.32 Å². The molecular weight excluding hydrogens is 252 g/mol. The van der Waals surface area contributed by atoms with Crippen molar-refractivity contribution in [2.24, 2.45) is 0 Å². The van der Waals surface area contributed by atoms with Crippen LogP contribution in [0.15, 0.2) is 18.2 Å². The smallest absolute Gasteiger partial charge is 0.338 e. The number of carboxylic acids is 1. The van der Waals surface area contributed by atoms with Gasteiger partial charge in [-0.15, -0.1) is 0 Å². The molecule has 0 aliphatic heterocycles. The number of nitro groups is 1. The molecule has 0 aliphatic rings. The van der Waals surface area contributed by atoms with E-state index < -0.39 is 17.0 Å². The number of non-ortho nitro benzene ring substituents is 1. The highest BCUT2D eigenvalue weighted by Gasteiger charge is 2.16. The van der Waals surface area contributed by atoms with Gasteiger partial charge < -0.3 is 15.5 Å². The van der Waals surface area contributed by atoms with Crippen LogP contribution in [0.3, 0.4) is 0 Å². The summed E-state index contributed by atoms with van der Waals surface area (Å²) in [5, 5.41) is 32.0. The van der Waals surface area contributed by atoms with Gasteiger partial charge in [-0.3, -0.25) is 10.1 Å². The molecule has 19 heavy (non-hydrogen) atoms. The number of aliphatic hydroxyl groups excluding tert-OH is 1. The summed E-state index contributed by atoms with van der Waals surface area (Å²) in [5.74, 6) is -1.25. The highest BCUT2D eigenvalue weighted by Crippen LogP contribution is 2.22. The number of rotatable bonds is 7. The van der Waals surface area contributed by atoms with Gasteiger partial charge in [0.2, 0.25) is 0 Å². The van der Waals surface area contributed by atoms with Crippen molar-refractivity contribution >= 4 is 17.3 Å². The highest BCUT2D eigenvalue weighted by molar-refractivity contribution is 5.95. The summed E-state index contributed by atoms with van der Waals surface area (Å²) in [6, 6.07) is 3.55. The second kappa shape index (κ2) is 6.69. The summed E-state index contributed by atoms with van der Waals surface area (Å²) in [4.78, 5) is 21.0. The molecule has 0 radical (unpaired) electrons. The van der Waals surface area contributed by atoms with Gasteiger partial charge in [-0.1, -0.05) is 13.3 Å². The molecule has 0 amide bonds. The van der Waals surface area contributed by atoms with Crippen molar-refractivity contribution in [3.63, 3.8) is 0 Å². The number of carbonyl (C=O) groups is 1. The largest absolute Gasteiger partial charge is 0.478 e. The van der Waals surface area contributed by atoms with Crippen LogP contribution in [0.5, 0.6) is 0 Å². The average Bonchev–Trinajstić information content (AvgIpc) is 2.36. The predicted molar refractivity (Wildman–Crippen MR) is 69.5 cm³/mol. The first-order valence-electron chi connectivity index (χ1n) is 5.89. The molecule has 0 fully saturated rings. The zero-order valence-electron chi connectivity index (χ0n) is 10.5. The van der Waals surface area contributed by atoms with E-state index in [1.165, 1.54) is 12.1 Å². The van der Waals surface area contributed by atoms with E-state index >= 15 is 0 Å². The van der Waals surface area contributed by atoms with E-state index in [-0.39, 0.29) is 23.5 Å². The van der Waals surface area contributed by atoms with Crippen LogP contribution < -0.4 is 5.32 Å². The minimum atomic E-state index is -1.25. The number of nitrogens with zero attached hydrogens (tertiary/aromatic N) is 1. The summed E-state index contributed by atoms with van der Waals surface area (Å²) >= 11 is 0. The van der Waals surface area contributed by atoms with Crippen molar-refractivity contribution in [2.75, 3.05) is 11.9 Å². The molecule has 7 nitrogen and oxygen atoms in total. The van der Waals surface area contributed by atoms with Crippen LogP contribution in [0.25, 0.3) is 0 Å². The number of hydrogen-bond donors (Lipinski definition) is 3. The number of aliphatic hydroxyl groups is 1. The minimum absolute atomic E-state index is 0.183. The van der Waals surface area contributed by atoms with Gasteiger partial charge in [-0.25, -0.2) is 4.79 Å². The van der Waals surface area contributed by atoms with E-state index in [1.807, 2.05) is 6.92 Å². The molecule has 1 aromatic carbocycles. The molecule has 0 bridgehead atoms. The molecule has 7 heteroatoms. The Kier molecular flexibility index (Phi) is 5.25. The number of benzene rings is 1. The van der Waals surface area contributed by atoms with Crippen molar-refractivity contribution in [1.29, 1.82) is 0 Å². The Bertz CT molecular complexity index is 475. The van der Waals surface area contributed by atoms with Crippen molar-refractivity contribution in [3.8, 4) is 0 Å². The standard InChI is InChI=1S/C12H16N2O5/c1-2-3-9(15)7-13-11-5-4-8(14(18)19)6-10(11)12(16)17/h4-6,9,13,15H,2-3,7H2,1H3,(H,16,17). The Labute approximate surface area is 110 Å². The number of carboxylic acid groups (broad SMARTS) is 1. The minimum Gasteiger partial charge on any atom is -0.478 e. The van der Waals surface area contributed by atoms with Gasteiger partial charge in [0.25, 0.3) is 5.69 Å². The van der Waals surface area contributed by atoms with Crippen molar-refractivity contribution in [2.45, 2.75) is 25.9 Å². The zero-order chi connectivity index (χ0) is 14.4. The highest BCUT2D eigenvalue weighted by atomic mass is 16.6. The number of aromatic carboxylic acids is 1. The van der Waals surface area contributed by atoms with Gasteiger partial charge in [-0.05, 0) is 12.5 Å². The van der Waals surface area contributed by atoms with Gasteiger partial charge in [0.05, 0.1) is 16.6 Å². The lowest BCUT2D eigenvalue weighted by atomic mass is 10.1. The molecule has 0 saturated heterocycles. The lowest BCUT2D eigenvalue weighted by molar-refractivity contribution is -0.384. The summed E-state index contributed by atoms with van der Waals surface area (Å²) in [6.07, 6.45) is 0.832. The molecule has 0 saturated carbocycles. The van der Waals surface area contributed by atoms with Gasteiger partial charge in [0.15, 0.2) is 0 Å². The average molecular weight is 268 g/mol. The monoisotopic (exact) mass is 268 g/mol. The lowest BCUT2D eigenvalue weighted by Gasteiger charge is -2.13. The molecule has 0 aromatic heterocycles. The van der Waals surface area contributed by atoms with Crippen LogP contribution in [-0.2, 0) is 0 Å². The second-order valence-electron chi connectivity index (χ2n) is 4.12. The first-order valence-corrected chi connectivity index (χ1v) is 5.89. The maximum atomic E-state index is 11.0. The molecule has 3 N–H and O–H groups in total. The number of anilines is 1. The third-order valence-corrected chi connectivity index (χ3v) is 2.59. The lowest BCUT2D eigenvalue weighted by Crippen LogP contribution is -2.20. The molecular formula is C12H16N2O5. The molecule has 0 spiro atoms. The van der Waals surface area contributed by atoms with Crippen LogP contribution >= 0.6 is 0 Å². The summed E-state index contributed by atoms with van der Waals surface area (Å²) in [6.45, 7) is 2.13. The Balaban J connectivity index is 2.88. The van der Waals surface area contributed by atoms with Crippen LogP contribution in [0.4, 0.5) is 11.4 Å². The van der Waals surface area contributed by atoms with Gasteiger partial charge in [0.1, 0.15) is 0 Å². The van der Waals surface area contributed by atoms with Crippen molar-refractivity contribution < 1.29 is 19.9 Å². The number of hydrogen-bond acceptors (Lipinski definition) is 5. The Morgan fingerprint density at radius 3 is 2.74 bits per heavy atom. The topological polar surface area (TPSA) is 113 Å². The van der Waals surface area contributed by atoms with Crippen LogP contribution in [0.1, 0.15) is 30.1 Å². The van der Waals surface area contributed by atoms with Crippen LogP contribution in [0, 0.1) is 10.1 Å². The molecule has 0 aliphatic carbocycles. The van der Waals surface area contributed by atoms with Gasteiger partial charge in [-0.2, -0.15) is 0 Å². The fraction of sp³-hybridized carbons (Fsp3) is 0.417. The SMILES string of the molecule is CCCC(O)CNc1ccc([N+](=O)[O-])cc1C(=O)O. The second-order valence-corrected chi connectivity index (χ2v) is 4.12. The fourth-order valence-corrected chi connectivity index (χ4v) is 1.64. The number of nitrogens with one attached hydrogen (secondary N) is 1. The zero-order valence-corrected chi connectivity index (χ0v) is 10.5. The van der Waals surface area contributed by atoms with E-state index in [9.17, 15) is 20.0 Å². The first-order chi connectivity index (χ1) is 8.95. The Morgan fingerprint density at radius 2 is 2.21 bits per heavy atom. The molecule has 104 valence electrons. The van der Waals surface area contributed by atoms with Crippen molar-refractivity contribution in [1.82, 2.24) is 0 Å². The quantitative estimate of drug-likeness (QED) is 0.514. The van der Waals surface area contributed by atoms with Crippen molar-refractivity contribution in [3.05, 3.63) is 33.9 Å². The third kappa shape index (κ3) is 4.22. The molecule has 1 aromatic rings. The third-order valence-electron chi connectivity index (χ3n) is 2.59. The Morgan fingerprint density at radius 1 is 1.53 bits per heavy atom. The van der Waals surface area contributed by atoms with E-state index in [1.54, 1.807) is 0 Å². The first kappa shape index (κ1) is 14.9. The van der Waals surface area contributed by atoms with Crippen LogP contribution in [0.2, 0.25) is 0 Å².